The van der Waals surface area contributed by atoms with Gasteiger partial charge in [0.25, 0.3) is 0 Å². The normalized spacial score (nSPS) is 8.42. The van der Waals surface area contributed by atoms with Gasteiger partial charge in [-0.05, 0) is 12.1 Å². The minimum atomic E-state index is -1.35. The molecule has 0 unspecified atom stereocenters. The van der Waals surface area contributed by atoms with Crippen LogP contribution in [0.3, 0.4) is 0 Å². The molecule has 0 aliphatic heterocycles. The number of halogens is 1. The summed E-state index contributed by atoms with van der Waals surface area (Å²) in [5, 5.41) is 10.3. The smallest absolute Gasteiger partial charge is 0.543 e. The molecular weight excluding hydrogens is 207 g/mol. The van der Waals surface area contributed by atoms with Crippen LogP contribution in [0.5, 0.6) is 0 Å². The Morgan fingerprint density at radius 3 is 2.75 bits per heavy atom. The van der Waals surface area contributed by atoms with Crippen LogP contribution in [0.15, 0.2) is 18.3 Å². The van der Waals surface area contributed by atoms with Crippen LogP contribution in [-0.2, 0) is 0 Å². The molecule has 12 heavy (non-hydrogen) atoms. The second kappa shape index (κ2) is 5.90. The first-order valence-electron chi connectivity index (χ1n) is 2.78. The van der Waals surface area contributed by atoms with Crippen LogP contribution < -0.4 is 61.3 Å². The molecule has 1 aromatic rings. The van der Waals surface area contributed by atoms with Gasteiger partial charge in [0.15, 0.2) is 0 Å². The topological polar surface area (TPSA) is 65.0 Å². The van der Waals surface area contributed by atoms with Crippen LogP contribution in [0.25, 0.3) is 0 Å². The summed E-state index contributed by atoms with van der Waals surface area (Å²) in [6.45, 7) is 0. The fourth-order valence-electron chi connectivity index (χ4n) is 0.644. The third-order valence-corrected chi connectivity index (χ3v) is 1.31. The van der Waals surface area contributed by atoms with Crippen LogP contribution in [0.1, 0.15) is 10.5 Å². The van der Waals surface area contributed by atoms with Crippen molar-refractivity contribution in [2.24, 2.45) is 0 Å². The Morgan fingerprint density at radius 2 is 2.33 bits per heavy atom. The van der Waals surface area contributed by atoms with Crippen molar-refractivity contribution in [3.05, 3.63) is 24.0 Å². The van der Waals surface area contributed by atoms with Crippen molar-refractivity contribution in [3.8, 4) is 0 Å². The van der Waals surface area contributed by atoms with E-state index in [1.165, 1.54) is 12.3 Å². The number of hydrogen-bond donors (Lipinski definition) is 1. The number of rotatable bonds is 2. The molecule has 1 aromatic heterocycles. The third kappa shape index (κ3) is 3.00. The van der Waals surface area contributed by atoms with Gasteiger partial charge in [0.1, 0.15) is 5.69 Å². The van der Waals surface area contributed by atoms with Gasteiger partial charge in [-0.3, -0.25) is 9.82 Å². The number of carbonyl (C=O) groups excluding carboxylic acids is 1. The number of aromatic nitrogens is 1. The quantitative estimate of drug-likeness (QED) is 0.418. The largest absolute Gasteiger partial charge is 1.00 e. The molecule has 58 valence electrons. The number of nitrogens with one attached hydrogen (secondary N) is 1. The number of hydrogen-bond acceptors (Lipinski definition) is 4. The molecule has 0 radical (unpaired) electrons. The molecule has 4 nitrogen and oxygen atoms in total. The van der Waals surface area contributed by atoms with E-state index in [0.717, 1.165) is 0 Å². The Morgan fingerprint density at radius 1 is 1.67 bits per heavy atom. The zero-order chi connectivity index (χ0) is 8.27. The zero-order valence-corrected chi connectivity index (χ0v) is 10.3. The summed E-state index contributed by atoms with van der Waals surface area (Å²) in [6.07, 6.45) is 1.35. The first kappa shape index (κ1) is 12.3. The number of pyridine rings is 1. The molecule has 0 aliphatic rings. The van der Waals surface area contributed by atoms with Crippen molar-refractivity contribution in [1.29, 1.82) is 0 Å². The van der Waals surface area contributed by atoms with E-state index in [4.69, 9.17) is 11.8 Å². The standard InChI is InChI=1S/C6H5ClN2O2.K/c7-9-4-2-1-3-8-5(4)6(10)11;/h1-3,9H,(H,10,11);/q;+1/p-1. The maximum absolute atomic E-state index is 10.3. The molecule has 1 N–H and O–H groups in total. The fourth-order valence-corrected chi connectivity index (χ4v) is 0.797. The molecule has 0 amide bonds. The first-order valence-corrected chi connectivity index (χ1v) is 3.16. The second-order valence-electron chi connectivity index (χ2n) is 1.78. The summed E-state index contributed by atoms with van der Waals surface area (Å²) in [6, 6.07) is 3.06. The number of anilines is 1. The van der Waals surface area contributed by atoms with Crippen molar-refractivity contribution in [2.75, 3.05) is 4.84 Å². The van der Waals surface area contributed by atoms with Crippen LogP contribution in [-0.4, -0.2) is 11.0 Å². The van der Waals surface area contributed by atoms with Gasteiger partial charge in [-0.15, -0.1) is 0 Å². The predicted molar refractivity (Wildman–Crippen MR) is 38.0 cm³/mol. The number of carboxylic acids is 1. The van der Waals surface area contributed by atoms with E-state index in [0.29, 0.717) is 0 Å². The molecule has 0 aromatic carbocycles. The average Bonchev–Trinajstić information content (AvgIpc) is 2.04. The van der Waals surface area contributed by atoms with E-state index in [-0.39, 0.29) is 62.8 Å². The molecule has 0 saturated heterocycles. The molecule has 0 fully saturated rings. The third-order valence-electron chi connectivity index (χ3n) is 1.10. The van der Waals surface area contributed by atoms with E-state index >= 15 is 0 Å². The van der Waals surface area contributed by atoms with Crippen molar-refractivity contribution in [3.63, 3.8) is 0 Å². The summed E-state index contributed by atoms with van der Waals surface area (Å²) in [4.78, 5) is 16.0. The molecule has 6 heteroatoms. The van der Waals surface area contributed by atoms with Gasteiger partial charge in [-0.2, -0.15) is 0 Å². The van der Waals surface area contributed by atoms with Gasteiger partial charge in [0.05, 0.1) is 11.7 Å². The minimum Gasteiger partial charge on any atom is -0.543 e. The minimum absolute atomic E-state index is 0. The Bertz CT molecular complexity index is 282. The molecule has 1 heterocycles. The van der Waals surface area contributed by atoms with Crippen LogP contribution in [0.2, 0.25) is 0 Å². The van der Waals surface area contributed by atoms with Gasteiger partial charge in [0, 0.05) is 18.0 Å². The van der Waals surface area contributed by atoms with Crippen LogP contribution in [0.4, 0.5) is 5.69 Å². The van der Waals surface area contributed by atoms with E-state index in [1.807, 2.05) is 0 Å². The van der Waals surface area contributed by atoms with Gasteiger partial charge >= 0.3 is 51.4 Å². The molecule has 0 spiro atoms. The molecular formula is C6H4ClKN2O2. The Hall–Kier alpha value is 0.346. The second-order valence-corrected chi connectivity index (χ2v) is 1.97. The average molecular weight is 211 g/mol. The first-order chi connectivity index (χ1) is 5.25. The maximum atomic E-state index is 10.3. The van der Waals surface area contributed by atoms with E-state index in [9.17, 15) is 9.90 Å². The van der Waals surface area contributed by atoms with Crippen LogP contribution in [0, 0.1) is 0 Å². The number of carbonyl (C=O) groups is 1. The van der Waals surface area contributed by atoms with Crippen molar-refractivity contribution in [2.45, 2.75) is 0 Å². The van der Waals surface area contributed by atoms with Crippen LogP contribution >= 0.6 is 11.8 Å². The molecule has 1 rings (SSSR count). The van der Waals surface area contributed by atoms with Gasteiger partial charge < -0.3 is 9.90 Å². The fraction of sp³-hybridized carbons (Fsp3) is 0. The number of aromatic carboxylic acids is 1. The summed E-state index contributed by atoms with van der Waals surface area (Å²) < 4.78 is 0. The van der Waals surface area contributed by atoms with E-state index < -0.39 is 5.97 Å². The van der Waals surface area contributed by atoms with E-state index in [2.05, 4.69) is 9.82 Å². The molecule has 0 atom stereocenters. The van der Waals surface area contributed by atoms with Gasteiger partial charge in [0.2, 0.25) is 0 Å². The Kier molecular flexibility index (Phi) is 6.07. The zero-order valence-electron chi connectivity index (χ0n) is 6.37. The van der Waals surface area contributed by atoms with Crippen molar-refractivity contribution >= 4 is 23.4 Å². The summed E-state index contributed by atoms with van der Waals surface area (Å²) in [5.74, 6) is -1.35. The van der Waals surface area contributed by atoms with Gasteiger partial charge in [-0.25, -0.2) is 0 Å². The Balaban J connectivity index is 0.00000121. The van der Waals surface area contributed by atoms with Crippen molar-refractivity contribution < 1.29 is 61.3 Å². The number of carboxylic acid groups (broad SMARTS) is 1. The molecule has 0 aliphatic carbocycles. The SMILES string of the molecule is O=C([O-])c1ncccc1NCl.[K+]. The summed E-state index contributed by atoms with van der Waals surface area (Å²) >= 11 is 5.20. The number of nitrogens with zero attached hydrogens (tertiary/aromatic N) is 1. The predicted octanol–water partition coefficient (Wildman–Crippen LogP) is -2.99. The summed E-state index contributed by atoms with van der Waals surface area (Å²) in [5.41, 5.74) is 0.0386. The maximum Gasteiger partial charge on any atom is 1.00 e. The summed E-state index contributed by atoms with van der Waals surface area (Å²) in [7, 11) is 0. The van der Waals surface area contributed by atoms with Gasteiger partial charge in [-0.1, -0.05) is 0 Å². The molecule has 0 saturated carbocycles. The van der Waals surface area contributed by atoms with E-state index in [1.54, 1.807) is 6.07 Å². The molecule has 0 bridgehead atoms. The monoisotopic (exact) mass is 210 g/mol. The Labute approximate surface area is 117 Å². The van der Waals surface area contributed by atoms with Crippen molar-refractivity contribution in [1.82, 2.24) is 4.98 Å².